The van der Waals surface area contributed by atoms with E-state index >= 15 is 0 Å². The Morgan fingerprint density at radius 3 is 2.32 bits per heavy atom. The van der Waals surface area contributed by atoms with Gasteiger partial charge in [0.15, 0.2) is 12.4 Å². The van der Waals surface area contributed by atoms with Gasteiger partial charge in [0.05, 0.1) is 12.1 Å². The average molecular weight is 397 g/mol. The fraction of sp³-hybridized carbons (Fsp3) is 0.0909. The lowest BCUT2D eigenvalue weighted by Gasteiger charge is -2.11. The van der Waals surface area contributed by atoms with Crippen molar-refractivity contribution >= 4 is 23.4 Å². The van der Waals surface area contributed by atoms with Gasteiger partial charge in [-0.25, -0.2) is 4.79 Å². The highest BCUT2D eigenvalue weighted by molar-refractivity contribution is 6.32. The molecule has 0 saturated heterocycles. The molecule has 0 atom stereocenters. The first-order valence-electron chi connectivity index (χ1n) is 8.44. The summed E-state index contributed by atoms with van der Waals surface area (Å²) < 4.78 is 16.0. The van der Waals surface area contributed by atoms with E-state index in [0.717, 1.165) is 0 Å². The van der Waals surface area contributed by atoms with E-state index in [2.05, 4.69) is 0 Å². The van der Waals surface area contributed by atoms with Crippen LogP contribution in [0.2, 0.25) is 5.02 Å². The van der Waals surface area contributed by atoms with Gasteiger partial charge in [-0.2, -0.15) is 0 Å². The van der Waals surface area contributed by atoms with Gasteiger partial charge in [-0.3, -0.25) is 4.79 Å². The molecule has 3 rings (SSSR count). The highest BCUT2D eigenvalue weighted by Gasteiger charge is 2.17. The highest BCUT2D eigenvalue weighted by atomic mass is 35.5. The molecule has 0 heterocycles. The van der Waals surface area contributed by atoms with Crippen LogP contribution in [0.3, 0.4) is 0 Å². The number of para-hydroxylation sites is 2. The Balaban J connectivity index is 1.68. The van der Waals surface area contributed by atoms with Crippen LogP contribution >= 0.6 is 11.6 Å². The molecular weight excluding hydrogens is 380 g/mol. The number of ketones is 1. The number of methoxy groups -OCH3 is 1. The standard InChI is InChI=1S/C22H17ClO5/c1-26-21-12-11-15(13-18(21)23)19(24)14-27-22(25)17-9-5-6-10-20(17)28-16-7-3-2-4-8-16/h2-13H,14H2,1H3. The van der Waals surface area contributed by atoms with Crippen LogP contribution < -0.4 is 9.47 Å². The molecule has 0 fully saturated rings. The monoisotopic (exact) mass is 396 g/mol. The van der Waals surface area contributed by atoms with Crippen molar-refractivity contribution in [3.8, 4) is 17.2 Å². The van der Waals surface area contributed by atoms with E-state index in [1.54, 1.807) is 48.5 Å². The van der Waals surface area contributed by atoms with Crippen molar-refractivity contribution < 1.29 is 23.8 Å². The molecule has 0 aliphatic heterocycles. The zero-order valence-electron chi connectivity index (χ0n) is 15.1. The third kappa shape index (κ3) is 4.69. The van der Waals surface area contributed by atoms with Crippen LogP contribution in [-0.2, 0) is 4.74 Å². The van der Waals surface area contributed by atoms with Crippen LogP contribution in [0, 0.1) is 0 Å². The summed E-state index contributed by atoms with van der Waals surface area (Å²) in [5, 5.41) is 0.307. The first-order valence-corrected chi connectivity index (χ1v) is 8.82. The quantitative estimate of drug-likeness (QED) is 0.406. The number of ether oxygens (including phenoxy) is 3. The SMILES string of the molecule is COc1ccc(C(=O)COC(=O)c2ccccc2Oc2ccccc2)cc1Cl. The van der Waals surface area contributed by atoms with Crippen LogP contribution in [-0.4, -0.2) is 25.5 Å². The molecule has 3 aromatic carbocycles. The lowest BCUT2D eigenvalue weighted by atomic mass is 10.1. The Morgan fingerprint density at radius 2 is 1.61 bits per heavy atom. The van der Waals surface area contributed by atoms with E-state index in [4.69, 9.17) is 25.8 Å². The van der Waals surface area contributed by atoms with Gasteiger partial charge in [-0.1, -0.05) is 41.9 Å². The summed E-state index contributed by atoms with van der Waals surface area (Å²) in [6, 6.07) is 20.4. The molecule has 0 unspecified atom stereocenters. The van der Waals surface area contributed by atoms with Gasteiger partial charge >= 0.3 is 5.97 Å². The van der Waals surface area contributed by atoms with E-state index in [1.165, 1.54) is 13.2 Å². The van der Waals surface area contributed by atoms with Crippen molar-refractivity contribution in [2.45, 2.75) is 0 Å². The predicted octanol–water partition coefficient (Wildman–Crippen LogP) is 5.18. The second-order valence-electron chi connectivity index (χ2n) is 5.76. The highest BCUT2D eigenvalue weighted by Crippen LogP contribution is 2.27. The normalized spacial score (nSPS) is 10.2. The molecule has 0 radical (unpaired) electrons. The number of esters is 1. The second-order valence-corrected chi connectivity index (χ2v) is 6.17. The van der Waals surface area contributed by atoms with Gasteiger partial charge in [0, 0.05) is 5.56 Å². The second kappa shape index (κ2) is 9.06. The molecule has 142 valence electrons. The molecule has 0 bridgehead atoms. The summed E-state index contributed by atoms with van der Waals surface area (Å²) in [6.07, 6.45) is 0. The van der Waals surface area contributed by atoms with Gasteiger partial charge in [0.25, 0.3) is 0 Å². The average Bonchev–Trinajstić information content (AvgIpc) is 2.73. The lowest BCUT2D eigenvalue weighted by Crippen LogP contribution is -2.15. The summed E-state index contributed by atoms with van der Waals surface area (Å²) in [5.41, 5.74) is 0.555. The van der Waals surface area contributed by atoms with Crippen molar-refractivity contribution in [2.24, 2.45) is 0 Å². The summed E-state index contributed by atoms with van der Waals surface area (Å²) in [6.45, 7) is -0.416. The Bertz CT molecular complexity index is 985. The molecule has 6 heteroatoms. The van der Waals surface area contributed by atoms with E-state index in [-0.39, 0.29) is 11.3 Å². The van der Waals surface area contributed by atoms with E-state index in [1.807, 2.05) is 18.2 Å². The minimum atomic E-state index is -0.653. The Kier molecular flexibility index (Phi) is 6.29. The Morgan fingerprint density at radius 1 is 0.893 bits per heavy atom. The van der Waals surface area contributed by atoms with Gasteiger partial charge in [0.1, 0.15) is 22.8 Å². The molecule has 28 heavy (non-hydrogen) atoms. The molecule has 0 N–H and O–H groups in total. The Labute approximate surface area is 167 Å². The van der Waals surface area contributed by atoms with Crippen molar-refractivity contribution in [1.29, 1.82) is 0 Å². The largest absolute Gasteiger partial charge is 0.495 e. The van der Waals surface area contributed by atoms with Crippen LogP contribution in [0.4, 0.5) is 0 Å². The Hall–Kier alpha value is -3.31. The molecule has 0 aliphatic rings. The molecule has 3 aromatic rings. The number of benzene rings is 3. The number of hydrogen-bond acceptors (Lipinski definition) is 5. The maximum absolute atomic E-state index is 12.5. The topological polar surface area (TPSA) is 61.8 Å². The smallest absolute Gasteiger partial charge is 0.342 e. The van der Waals surface area contributed by atoms with E-state index in [0.29, 0.717) is 27.8 Å². The minimum absolute atomic E-state index is 0.229. The molecule has 0 aromatic heterocycles. The van der Waals surface area contributed by atoms with Crippen LogP contribution in [0.5, 0.6) is 17.2 Å². The fourth-order valence-corrected chi connectivity index (χ4v) is 2.73. The van der Waals surface area contributed by atoms with E-state index < -0.39 is 12.6 Å². The van der Waals surface area contributed by atoms with Crippen molar-refractivity contribution in [2.75, 3.05) is 13.7 Å². The molecular formula is C22H17ClO5. The van der Waals surface area contributed by atoms with Crippen LogP contribution in [0.25, 0.3) is 0 Å². The maximum Gasteiger partial charge on any atom is 0.342 e. The molecule has 0 amide bonds. The van der Waals surface area contributed by atoms with Crippen LogP contribution in [0.15, 0.2) is 72.8 Å². The van der Waals surface area contributed by atoms with Gasteiger partial charge in [-0.05, 0) is 42.5 Å². The number of halogens is 1. The zero-order valence-corrected chi connectivity index (χ0v) is 15.8. The number of rotatable bonds is 7. The maximum atomic E-state index is 12.5. The fourth-order valence-electron chi connectivity index (χ4n) is 2.47. The van der Waals surface area contributed by atoms with Gasteiger partial charge < -0.3 is 14.2 Å². The zero-order chi connectivity index (χ0) is 19.9. The van der Waals surface area contributed by atoms with Crippen molar-refractivity contribution in [3.05, 3.63) is 88.9 Å². The summed E-state index contributed by atoms with van der Waals surface area (Å²) in [4.78, 5) is 24.8. The van der Waals surface area contributed by atoms with Gasteiger partial charge in [0.2, 0.25) is 0 Å². The van der Waals surface area contributed by atoms with Crippen molar-refractivity contribution in [1.82, 2.24) is 0 Å². The molecule has 0 aliphatic carbocycles. The van der Waals surface area contributed by atoms with E-state index in [9.17, 15) is 9.59 Å². The third-order valence-corrected chi connectivity index (χ3v) is 4.18. The number of carbonyl (C=O) groups excluding carboxylic acids is 2. The summed E-state index contributed by atoms with van der Waals surface area (Å²) >= 11 is 6.03. The predicted molar refractivity (Wildman–Crippen MR) is 106 cm³/mol. The summed E-state index contributed by atoms with van der Waals surface area (Å²) in [5.74, 6) is 0.367. The number of hydrogen-bond donors (Lipinski definition) is 0. The number of Topliss-reactive ketones (excluding diaryl/α,β-unsaturated/α-hetero) is 1. The first kappa shape index (κ1) is 19.5. The molecule has 0 spiro atoms. The third-order valence-electron chi connectivity index (χ3n) is 3.89. The lowest BCUT2D eigenvalue weighted by molar-refractivity contribution is 0.0472. The van der Waals surface area contributed by atoms with Crippen molar-refractivity contribution in [3.63, 3.8) is 0 Å². The summed E-state index contributed by atoms with van der Waals surface area (Å²) in [7, 11) is 1.49. The van der Waals surface area contributed by atoms with Crippen LogP contribution in [0.1, 0.15) is 20.7 Å². The minimum Gasteiger partial charge on any atom is -0.495 e. The van der Waals surface area contributed by atoms with Gasteiger partial charge in [-0.15, -0.1) is 0 Å². The molecule has 0 saturated carbocycles. The molecule has 5 nitrogen and oxygen atoms in total. The first-order chi connectivity index (χ1) is 13.6. The number of carbonyl (C=O) groups is 2.